The lowest BCUT2D eigenvalue weighted by Crippen LogP contribution is -2.39. The molecule has 0 bridgehead atoms. The molecule has 0 radical (unpaired) electrons. The lowest BCUT2D eigenvalue weighted by Gasteiger charge is -2.49. The van der Waals surface area contributed by atoms with E-state index in [1.54, 1.807) is 0 Å². The Bertz CT molecular complexity index is 2350. The standard InChI is InChI=1S/C59H82N2O2/c1-12-13-14-15-16-23-38-61-54-50-29-22-20-27-48(50)47-26-19-21-28-49(47)53(54)60-55(61)45-32-30-43(31-33-45)51(56(2,3)4)41-58(8,9)59(10,11)42-52(57(5,6)7)44-34-36-46(37-35-44)63-40-25-18-17-24-39-62/h19-22,26-37,51-52,62H,12-18,23-25,38-42H2,1-11H3. The number of fused-ring (bicyclic) bond motifs is 6. The lowest BCUT2D eigenvalue weighted by atomic mass is 9.55. The summed E-state index contributed by atoms with van der Waals surface area (Å²) < 4.78 is 8.68. The van der Waals surface area contributed by atoms with E-state index in [9.17, 15) is 0 Å². The van der Waals surface area contributed by atoms with Crippen LogP contribution in [0.2, 0.25) is 0 Å². The molecule has 2 atom stereocenters. The summed E-state index contributed by atoms with van der Waals surface area (Å²) in [6.45, 7) is 28.9. The van der Waals surface area contributed by atoms with Crippen molar-refractivity contribution in [3.63, 3.8) is 0 Å². The van der Waals surface area contributed by atoms with Crippen LogP contribution in [0, 0.1) is 21.7 Å². The highest BCUT2D eigenvalue weighted by Crippen LogP contribution is 2.55. The molecule has 6 aromatic rings. The van der Waals surface area contributed by atoms with E-state index in [-0.39, 0.29) is 28.3 Å². The number of benzene rings is 5. The van der Waals surface area contributed by atoms with Gasteiger partial charge in [0.2, 0.25) is 0 Å². The maximum atomic E-state index is 9.08. The molecule has 0 spiro atoms. The van der Waals surface area contributed by atoms with Gasteiger partial charge in [0.15, 0.2) is 0 Å². The maximum absolute atomic E-state index is 9.08. The fraction of sp³-hybridized carbons (Fsp3) is 0.542. The number of imidazole rings is 1. The zero-order chi connectivity index (χ0) is 45.4. The van der Waals surface area contributed by atoms with Gasteiger partial charge in [0.05, 0.1) is 17.6 Å². The minimum absolute atomic E-state index is 0.0550. The molecule has 63 heavy (non-hydrogen) atoms. The van der Waals surface area contributed by atoms with E-state index in [0.717, 1.165) is 75.2 Å². The van der Waals surface area contributed by atoms with Crippen molar-refractivity contribution in [2.75, 3.05) is 13.2 Å². The van der Waals surface area contributed by atoms with Gasteiger partial charge in [-0.05, 0) is 106 Å². The first kappa shape index (κ1) is 48.3. The van der Waals surface area contributed by atoms with Gasteiger partial charge in [-0.25, -0.2) is 4.98 Å². The van der Waals surface area contributed by atoms with Crippen LogP contribution in [-0.4, -0.2) is 27.9 Å². The molecule has 0 saturated heterocycles. The number of nitrogens with zero attached hydrogens (tertiary/aromatic N) is 2. The van der Waals surface area contributed by atoms with Crippen molar-refractivity contribution < 1.29 is 9.84 Å². The number of rotatable bonds is 22. The third-order valence-electron chi connectivity index (χ3n) is 14.9. The molecule has 4 nitrogen and oxygen atoms in total. The van der Waals surface area contributed by atoms with Crippen LogP contribution in [-0.2, 0) is 6.54 Å². The lowest BCUT2D eigenvalue weighted by molar-refractivity contribution is 0.0426. The predicted octanol–water partition coefficient (Wildman–Crippen LogP) is 17.1. The predicted molar refractivity (Wildman–Crippen MR) is 272 cm³/mol. The number of ether oxygens (including phenoxy) is 1. The van der Waals surface area contributed by atoms with Gasteiger partial charge in [-0.2, -0.15) is 0 Å². The second-order valence-electron chi connectivity index (χ2n) is 22.3. The van der Waals surface area contributed by atoms with Crippen molar-refractivity contribution in [1.82, 2.24) is 9.55 Å². The van der Waals surface area contributed by atoms with Crippen molar-refractivity contribution in [2.45, 2.75) is 172 Å². The summed E-state index contributed by atoms with van der Waals surface area (Å²) in [4.78, 5) is 5.56. The maximum Gasteiger partial charge on any atom is 0.141 e. The Balaban J connectivity index is 1.27. The number of aliphatic hydroxyl groups excluding tert-OH is 1. The Morgan fingerprint density at radius 3 is 1.57 bits per heavy atom. The Labute approximate surface area is 382 Å². The molecule has 1 N–H and O–H groups in total. The molecule has 6 rings (SSSR count). The molecule has 0 aliphatic heterocycles. The molecule has 0 saturated carbocycles. The van der Waals surface area contributed by atoms with Crippen molar-refractivity contribution in [1.29, 1.82) is 0 Å². The minimum Gasteiger partial charge on any atom is -0.494 e. The average Bonchev–Trinajstić information content (AvgIpc) is 3.64. The third kappa shape index (κ3) is 11.6. The Hall–Kier alpha value is -4.15. The molecular weight excluding hydrogens is 769 g/mol. The van der Waals surface area contributed by atoms with Crippen LogP contribution in [0.4, 0.5) is 0 Å². The van der Waals surface area contributed by atoms with Gasteiger partial charge >= 0.3 is 0 Å². The van der Waals surface area contributed by atoms with Crippen LogP contribution < -0.4 is 4.74 Å². The number of hydrogen-bond donors (Lipinski definition) is 1. The smallest absolute Gasteiger partial charge is 0.141 e. The number of aromatic nitrogens is 2. The van der Waals surface area contributed by atoms with E-state index in [4.69, 9.17) is 14.8 Å². The fourth-order valence-electron chi connectivity index (χ4n) is 10.1. The van der Waals surface area contributed by atoms with Crippen LogP contribution in [0.1, 0.15) is 176 Å². The molecule has 0 aliphatic rings. The van der Waals surface area contributed by atoms with Crippen LogP contribution >= 0.6 is 0 Å². The summed E-state index contributed by atoms with van der Waals surface area (Å²) >= 11 is 0. The van der Waals surface area contributed by atoms with Gasteiger partial charge < -0.3 is 14.4 Å². The number of aliphatic hydroxyl groups is 1. The molecular formula is C59H82N2O2. The fourth-order valence-corrected chi connectivity index (χ4v) is 10.1. The third-order valence-corrected chi connectivity index (χ3v) is 14.9. The van der Waals surface area contributed by atoms with Gasteiger partial charge in [0, 0.05) is 29.5 Å². The zero-order valence-corrected chi connectivity index (χ0v) is 41.2. The average molecular weight is 851 g/mol. The molecule has 0 fully saturated rings. The van der Waals surface area contributed by atoms with E-state index < -0.39 is 0 Å². The minimum atomic E-state index is 0.0550. The largest absolute Gasteiger partial charge is 0.494 e. The monoisotopic (exact) mass is 851 g/mol. The first-order chi connectivity index (χ1) is 30.0. The highest BCUT2D eigenvalue weighted by Gasteiger charge is 2.44. The highest BCUT2D eigenvalue weighted by molar-refractivity contribution is 6.23. The molecule has 1 aromatic heterocycles. The Morgan fingerprint density at radius 1 is 0.540 bits per heavy atom. The van der Waals surface area contributed by atoms with Gasteiger partial charge in [-0.3, -0.25) is 0 Å². The van der Waals surface area contributed by atoms with E-state index in [0.29, 0.717) is 11.8 Å². The second kappa shape index (κ2) is 20.8. The van der Waals surface area contributed by atoms with Crippen LogP contribution in [0.5, 0.6) is 5.75 Å². The highest BCUT2D eigenvalue weighted by atomic mass is 16.5. The SMILES string of the molecule is CCCCCCCCn1c(-c2ccc(C(CC(C)(C)C(C)(C)CC(c3ccc(OCCCCCCO)cc3)C(C)(C)C)C(C)(C)C)cc2)nc2c3ccccc3c3ccccc3c21. The van der Waals surface area contributed by atoms with Crippen LogP contribution in [0.3, 0.4) is 0 Å². The van der Waals surface area contributed by atoms with Crippen LogP contribution in [0.15, 0.2) is 97.1 Å². The normalized spacial score (nSPS) is 13.9. The first-order valence-electron chi connectivity index (χ1n) is 24.7. The van der Waals surface area contributed by atoms with E-state index in [1.165, 1.54) is 75.9 Å². The molecule has 2 unspecified atom stereocenters. The van der Waals surface area contributed by atoms with Crippen molar-refractivity contribution >= 4 is 32.6 Å². The summed E-state index contributed by atoms with van der Waals surface area (Å²) in [5, 5.41) is 14.2. The zero-order valence-electron chi connectivity index (χ0n) is 41.2. The second-order valence-corrected chi connectivity index (χ2v) is 22.3. The van der Waals surface area contributed by atoms with E-state index >= 15 is 0 Å². The first-order valence-corrected chi connectivity index (χ1v) is 24.7. The van der Waals surface area contributed by atoms with Crippen LogP contribution in [0.25, 0.3) is 44.0 Å². The Morgan fingerprint density at radius 2 is 1.02 bits per heavy atom. The van der Waals surface area contributed by atoms with Gasteiger partial charge in [-0.15, -0.1) is 0 Å². The molecule has 1 heterocycles. The molecule has 0 aliphatic carbocycles. The summed E-state index contributed by atoms with van der Waals surface area (Å²) in [7, 11) is 0. The van der Waals surface area contributed by atoms with Gasteiger partial charge in [0.25, 0.3) is 0 Å². The molecule has 4 heteroatoms. The molecule has 340 valence electrons. The number of aryl methyl sites for hydroxylation is 1. The molecule has 5 aromatic carbocycles. The number of unbranched alkanes of at least 4 members (excludes halogenated alkanes) is 8. The summed E-state index contributed by atoms with van der Waals surface area (Å²) in [5.41, 5.74) is 6.70. The quantitative estimate of drug-likeness (QED) is 0.0547. The van der Waals surface area contributed by atoms with Crippen molar-refractivity contribution in [2.24, 2.45) is 21.7 Å². The summed E-state index contributed by atoms with van der Waals surface area (Å²) in [5.74, 6) is 2.81. The van der Waals surface area contributed by atoms with Crippen molar-refractivity contribution in [3.05, 3.63) is 108 Å². The number of hydrogen-bond acceptors (Lipinski definition) is 3. The Kier molecular flexibility index (Phi) is 15.9. The summed E-state index contributed by atoms with van der Waals surface area (Å²) in [6.07, 6.45) is 13.9. The van der Waals surface area contributed by atoms with Gasteiger partial charge in [-0.1, -0.05) is 200 Å². The topological polar surface area (TPSA) is 47.3 Å². The van der Waals surface area contributed by atoms with Gasteiger partial charge in [0.1, 0.15) is 11.6 Å². The summed E-state index contributed by atoms with van der Waals surface area (Å²) in [6, 6.07) is 36.3. The molecule has 0 amide bonds. The van der Waals surface area contributed by atoms with Crippen molar-refractivity contribution in [3.8, 4) is 17.1 Å². The van der Waals surface area contributed by atoms with E-state index in [2.05, 4.69) is 178 Å². The van der Waals surface area contributed by atoms with E-state index in [1.807, 2.05) is 0 Å².